The second kappa shape index (κ2) is 5.65. The molecule has 0 amide bonds. The van der Waals surface area contributed by atoms with Crippen LogP contribution in [0.25, 0.3) is 0 Å². The normalized spacial score (nSPS) is 12.1. The van der Waals surface area contributed by atoms with E-state index in [4.69, 9.17) is 0 Å². The highest BCUT2D eigenvalue weighted by molar-refractivity contribution is 7.89. The summed E-state index contributed by atoms with van der Waals surface area (Å²) in [5, 5.41) is 0. The van der Waals surface area contributed by atoms with E-state index in [1.54, 1.807) is 0 Å². The zero-order chi connectivity index (χ0) is 6.41. The van der Waals surface area contributed by atoms with Crippen molar-refractivity contribution in [2.75, 3.05) is 12.2 Å². The van der Waals surface area contributed by atoms with Crippen molar-refractivity contribution >= 4 is 26.0 Å². The molecule has 0 aliphatic heterocycles. The maximum Gasteiger partial charge on any atom is 0.148 e. The third kappa shape index (κ3) is 4.67. The van der Waals surface area contributed by atoms with Gasteiger partial charge in [-0.25, -0.2) is 0 Å². The summed E-state index contributed by atoms with van der Waals surface area (Å²) in [6, 6.07) is 0. The van der Waals surface area contributed by atoms with Gasteiger partial charge >= 0.3 is 0 Å². The van der Waals surface area contributed by atoms with E-state index in [9.17, 15) is 0 Å². The van der Waals surface area contributed by atoms with Crippen LogP contribution in [0.1, 0.15) is 19.8 Å². The summed E-state index contributed by atoms with van der Waals surface area (Å²) in [5.41, 5.74) is 1.05. The summed E-state index contributed by atoms with van der Waals surface area (Å²) in [5.74, 6) is 2.39. The van der Waals surface area contributed by atoms with Gasteiger partial charge in [-0.3, -0.25) is 0 Å². The highest BCUT2D eigenvalue weighted by atomic mass is 32.1. The van der Waals surface area contributed by atoms with Crippen molar-refractivity contribution in [2.45, 2.75) is 19.8 Å². The predicted molar refractivity (Wildman–Crippen MR) is 47.7 cm³/mol. The van der Waals surface area contributed by atoms with Crippen LogP contribution in [0.5, 0.6) is 0 Å². The molecule has 0 rings (SSSR count). The first-order valence-corrected chi connectivity index (χ1v) is 5.63. The largest absolute Gasteiger partial charge is 0.148 e. The van der Waals surface area contributed by atoms with E-state index in [0.29, 0.717) is 0 Å². The molecule has 2 heteroatoms. The van der Waals surface area contributed by atoms with Gasteiger partial charge in [-0.15, -0.1) is 12.6 Å². The molecule has 1 atom stereocenters. The van der Waals surface area contributed by atoms with Gasteiger partial charge in [-0.05, 0) is 6.42 Å². The van der Waals surface area contributed by atoms with Gasteiger partial charge in [-0.2, -0.15) is 0 Å². The first-order chi connectivity index (χ1) is 3.81. The summed E-state index contributed by atoms with van der Waals surface area (Å²) < 4.78 is 0. The zero-order valence-electron chi connectivity index (χ0n) is 5.59. The first-order valence-electron chi connectivity index (χ1n) is 2.95. The molecule has 0 saturated heterocycles. The van der Waals surface area contributed by atoms with Gasteiger partial charge in [0.05, 0.1) is 20.0 Å². The van der Waals surface area contributed by atoms with Gasteiger partial charge in [-0.1, -0.05) is 6.92 Å². The Morgan fingerprint density at radius 2 is 2.25 bits per heavy atom. The fourth-order valence-electron chi connectivity index (χ4n) is 0.407. The Hall–Kier alpha value is 0.520. The van der Waals surface area contributed by atoms with Crippen molar-refractivity contribution in [1.29, 1.82) is 0 Å². The number of unbranched alkanes of at least 4 members (excludes halogenated alkanes) is 1. The van der Waals surface area contributed by atoms with Crippen molar-refractivity contribution in [3.05, 3.63) is 0 Å². The highest BCUT2D eigenvalue weighted by Crippen LogP contribution is 2.17. The second-order valence-electron chi connectivity index (χ2n) is 1.87. The smallest absolute Gasteiger partial charge is 0.132 e. The van der Waals surface area contributed by atoms with Crippen LogP contribution in [0.3, 0.4) is 0 Å². The number of hydrogen-bond acceptors (Lipinski definition) is 1. The minimum Gasteiger partial charge on any atom is -0.132 e. The molecule has 0 aliphatic carbocycles. The Balaban J connectivity index is 3.26. The van der Waals surface area contributed by atoms with Gasteiger partial charge in [0.2, 0.25) is 0 Å². The van der Waals surface area contributed by atoms with Gasteiger partial charge in [0.1, 0.15) is 5.49 Å². The molecule has 0 fully saturated rings. The minimum atomic E-state index is 0.155. The number of hydrogen-bond donors (Lipinski definition) is 1. The molecule has 0 radical (unpaired) electrons. The van der Waals surface area contributed by atoms with Crippen LogP contribution in [0.2, 0.25) is 0 Å². The van der Waals surface area contributed by atoms with Crippen molar-refractivity contribution in [2.24, 2.45) is 0 Å². The van der Waals surface area contributed by atoms with Crippen LogP contribution in [0, 0.1) is 0 Å². The molecule has 0 N–H and O–H groups in total. The number of thiol groups is 1. The summed E-state index contributed by atoms with van der Waals surface area (Å²) in [6.07, 6.45) is 2.54. The van der Waals surface area contributed by atoms with Crippen LogP contribution >= 0.6 is 20.2 Å². The van der Waals surface area contributed by atoms with Gasteiger partial charge in [0.25, 0.3) is 0 Å². The molecule has 0 bridgehead atoms. The highest BCUT2D eigenvalue weighted by Gasteiger charge is 1.92. The average Bonchev–Trinajstić information content (AvgIpc) is 1.83. The molecular formula is C6H14PS+. The number of rotatable bonds is 3. The Kier molecular flexibility index (Phi) is 6.02. The van der Waals surface area contributed by atoms with E-state index in [1.165, 1.54) is 12.8 Å². The molecule has 48 valence electrons. The van der Waals surface area contributed by atoms with Crippen molar-refractivity contribution in [3.8, 4) is 0 Å². The van der Waals surface area contributed by atoms with E-state index >= 15 is 0 Å². The Labute approximate surface area is 58.5 Å². The Morgan fingerprint density at radius 3 is 2.62 bits per heavy atom. The van der Waals surface area contributed by atoms with Crippen LogP contribution in [-0.4, -0.2) is 18.0 Å². The maximum absolute atomic E-state index is 4.19. The van der Waals surface area contributed by atoms with E-state index in [-0.39, 0.29) is 7.55 Å². The first kappa shape index (κ1) is 8.52. The van der Waals surface area contributed by atoms with Crippen LogP contribution in [-0.2, 0) is 0 Å². The lowest BCUT2D eigenvalue weighted by Crippen LogP contribution is -1.71. The van der Waals surface area contributed by atoms with E-state index in [1.807, 2.05) is 0 Å². The third-order valence-electron chi connectivity index (χ3n) is 0.953. The van der Waals surface area contributed by atoms with Crippen LogP contribution in [0.15, 0.2) is 0 Å². The van der Waals surface area contributed by atoms with Crippen molar-refractivity contribution in [1.82, 2.24) is 0 Å². The van der Waals surface area contributed by atoms with Gasteiger partial charge < -0.3 is 0 Å². The second-order valence-corrected chi connectivity index (χ2v) is 4.88. The lowest BCUT2D eigenvalue weighted by atomic mass is 10.4. The average molecular weight is 149 g/mol. The quantitative estimate of drug-likeness (QED) is 0.462. The monoisotopic (exact) mass is 149 g/mol. The minimum absolute atomic E-state index is 0.155. The molecule has 0 aromatic heterocycles. The molecule has 0 aromatic rings. The van der Waals surface area contributed by atoms with Crippen molar-refractivity contribution < 1.29 is 0 Å². The van der Waals surface area contributed by atoms with Crippen LogP contribution < -0.4 is 0 Å². The molecule has 0 nitrogen and oxygen atoms in total. The fraction of sp³-hybridized carbons (Fsp3) is 0.833. The maximum atomic E-state index is 4.19. The molecule has 0 saturated carbocycles. The molecular weight excluding hydrogens is 135 g/mol. The SMILES string of the molecule is CCCC=[P+](C)CS. The zero-order valence-corrected chi connectivity index (χ0v) is 7.38. The lowest BCUT2D eigenvalue weighted by molar-refractivity contribution is 1.02. The summed E-state index contributed by atoms with van der Waals surface area (Å²) in [4.78, 5) is 0. The molecule has 0 spiro atoms. The van der Waals surface area contributed by atoms with Crippen molar-refractivity contribution in [3.63, 3.8) is 0 Å². The standard InChI is InChI=1S/C6H13PS/c1-3-4-5-7(2)6-8/h5H,3-4,6H2,1-2H3/p+1. The molecule has 0 aromatic carbocycles. The molecule has 1 unspecified atom stereocenters. The third-order valence-corrected chi connectivity index (χ3v) is 3.62. The summed E-state index contributed by atoms with van der Waals surface area (Å²) in [7, 11) is 0.155. The topological polar surface area (TPSA) is 0 Å². The van der Waals surface area contributed by atoms with Crippen LogP contribution in [0.4, 0.5) is 0 Å². The van der Waals surface area contributed by atoms with E-state index in [0.717, 1.165) is 5.49 Å². The molecule has 0 aliphatic rings. The van der Waals surface area contributed by atoms with E-state index in [2.05, 4.69) is 32.0 Å². The fourth-order valence-corrected chi connectivity index (χ4v) is 1.57. The molecule has 0 heterocycles. The Bertz CT molecular complexity index is 78.6. The van der Waals surface area contributed by atoms with Gasteiger partial charge in [0.15, 0.2) is 0 Å². The van der Waals surface area contributed by atoms with E-state index < -0.39 is 0 Å². The lowest BCUT2D eigenvalue weighted by Gasteiger charge is -1.79. The summed E-state index contributed by atoms with van der Waals surface area (Å²) >= 11 is 4.19. The van der Waals surface area contributed by atoms with Gasteiger partial charge in [0, 0.05) is 6.42 Å². The molecule has 8 heavy (non-hydrogen) atoms. The predicted octanol–water partition coefficient (Wildman–Crippen LogP) is 2.59. The Morgan fingerprint density at radius 1 is 1.62 bits per heavy atom. The summed E-state index contributed by atoms with van der Waals surface area (Å²) in [6.45, 7) is 4.47.